The molecular formula is C15H23Cl2IN4O. The van der Waals surface area contributed by atoms with Gasteiger partial charge in [0.1, 0.15) is 0 Å². The number of carbonyl (C=O) groups excluding carboxylic acids is 1. The van der Waals surface area contributed by atoms with Gasteiger partial charge in [0, 0.05) is 31.7 Å². The normalized spacial score (nSPS) is 12.1. The zero-order valence-electron chi connectivity index (χ0n) is 13.5. The van der Waals surface area contributed by atoms with Gasteiger partial charge in [-0.05, 0) is 31.5 Å². The molecule has 1 unspecified atom stereocenters. The number of nitrogens with zero attached hydrogens (tertiary/aromatic N) is 1. The van der Waals surface area contributed by atoms with Gasteiger partial charge in [0.15, 0.2) is 5.96 Å². The summed E-state index contributed by atoms with van der Waals surface area (Å²) >= 11 is 11.7. The zero-order valence-corrected chi connectivity index (χ0v) is 17.3. The largest absolute Gasteiger partial charge is 0.355 e. The first-order valence-corrected chi connectivity index (χ1v) is 7.94. The highest BCUT2D eigenvalue weighted by Gasteiger charge is 2.07. The van der Waals surface area contributed by atoms with E-state index >= 15 is 0 Å². The summed E-state index contributed by atoms with van der Waals surface area (Å²) in [7, 11) is 1.71. The lowest BCUT2D eigenvalue weighted by Gasteiger charge is -2.16. The highest BCUT2D eigenvalue weighted by Crippen LogP contribution is 2.22. The van der Waals surface area contributed by atoms with Crippen LogP contribution < -0.4 is 16.0 Å². The van der Waals surface area contributed by atoms with Gasteiger partial charge in [0.05, 0.1) is 10.0 Å². The van der Waals surface area contributed by atoms with Crippen molar-refractivity contribution in [3.63, 3.8) is 0 Å². The van der Waals surface area contributed by atoms with Gasteiger partial charge >= 0.3 is 0 Å². The summed E-state index contributed by atoms with van der Waals surface area (Å²) in [5.41, 5.74) is 0.483. The van der Waals surface area contributed by atoms with Crippen molar-refractivity contribution in [2.75, 3.05) is 20.1 Å². The minimum absolute atomic E-state index is 0. The first-order valence-electron chi connectivity index (χ1n) is 7.18. The molecule has 0 aromatic heterocycles. The molecule has 0 aliphatic heterocycles. The summed E-state index contributed by atoms with van der Waals surface area (Å²) in [6, 6.07) is 5.14. The van der Waals surface area contributed by atoms with E-state index in [4.69, 9.17) is 23.2 Å². The lowest BCUT2D eigenvalue weighted by molar-refractivity contribution is 0.0954. The molecule has 0 radical (unpaired) electrons. The molecule has 1 amide bonds. The van der Waals surface area contributed by atoms with Gasteiger partial charge in [-0.1, -0.05) is 30.1 Å². The van der Waals surface area contributed by atoms with E-state index in [1.165, 1.54) is 0 Å². The molecular weight excluding hydrogens is 450 g/mol. The molecule has 23 heavy (non-hydrogen) atoms. The number of halogens is 3. The lowest BCUT2D eigenvalue weighted by atomic mass is 10.2. The maximum Gasteiger partial charge on any atom is 0.251 e. The second kappa shape index (κ2) is 11.8. The lowest BCUT2D eigenvalue weighted by Crippen LogP contribution is -2.44. The smallest absolute Gasteiger partial charge is 0.251 e. The average Bonchev–Trinajstić information content (AvgIpc) is 2.52. The maximum absolute atomic E-state index is 12.0. The highest BCUT2D eigenvalue weighted by molar-refractivity contribution is 14.0. The average molecular weight is 473 g/mol. The highest BCUT2D eigenvalue weighted by atomic mass is 127. The molecule has 1 aromatic rings. The van der Waals surface area contributed by atoms with Crippen LogP contribution in [0.1, 0.15) is 30.6 Å². The summed E-state index contributed by atoms with van der Waals surface area (Å²) < 4.78 is 0. The number of carbonyl (C=O) groups is 1. The number of hydrogen-bond donors (Lipinski definition) is 3. The van der Waals surface area contributed by atoms with Crippen LogP contribution in [0.15, 0.2) is 23.2 Å². The van der Waals surface area contributed by atoms with Gasteiger partial charge in [-0.2, -0.15) is 0 Å². The molecule has 1 atom stereocenters. The van der Waals surface area contributed by atoms with Crippen LogP contribution in [0.2, 0.25) is 10.0 Å². The Morgan fingerprint density at radius 2 is 1.87 bits per heavy atom. The monoisotopic (exact) mass is 472 g/mol. The maximum atomic E-state index is 12.0. The van der Waals surface area contributed by atoms with Crippen molar-refractivity contribution < 1.29 is 4.79 Å². The Balaban J connectivity index is 0.00000484. The van der Waals surface area contributed by atoms with Crippen molar-refractivity contribution in [1.29, 1.82) is 0 Å². The van der Waals surface area contributed by atoms with Crippen molar-refractivity contribution >= 4 is 59.0 Å². The number of aliphatic imine (C=N–C) groups is 1. The second-order valence-corrected chi connectivity index (χ2v) is 5.65. The van der Waals surface area contributed by atoms with Crippen LogP contribution >= 0.6 is 47.2 Å². The van der Waals surface area contributed by atoms with E-state index in [1.54, 1.807) is 25.2 Å². The standard InChI is InChI=1S/C15H22Cl2N4O.HI/c1-4-10(2)21-15(18-3)20-8-7-19-14(22)11-5-6-12(16)13(17)9-11;/h5-6,9-10H,4,7-8H2,1-3H3,(H,19,22)(H2,18,20,21);1H. The molecule has 0 heterocycles. The van der Waals surface area contributed by atoms with Crippen LogP contribution in [0.5, 0.6) is 0 Å². The first-order chi connectivity index (χ1) is 10.5. The number of nitrogens with one attached hydrogen (secondary N) is 3. The third kappa shape index (κ3) is 8.08. The number of benzene rings is 1. The van der Waals surface area contributed by atoms with E-state index in [-0.39, 0.29) is 29.9 Å². The minimum atomic E-state index is -0.190. The van der Waals surface area contributed by atoms with Crippen molar-refractivity contribution in [2.45, 2.75) is 26.3 Å². The van der Waals surface area contributed by atoms with E-state index in [9.17, 15) is 4.79 Å². The molecule has 0 saturated heterocycles. The molecule has 0 saturated carbocycles. The fourth-order valence-electron chi connectivity index (χ4n) is 1.63. The predicted molar refractivity (Wildman–Crippen MR) is 108 cm³/mol. The summed E-state index contributed by atoms with van der Waals surface area (Å²) in [5, 5.41) is 9.99. The molecule has 130 valence electrons. The molecule has 3 N–H and O–H groups in total. The number of rotatable bonds is 6. The number of guanidine groups is 1. The molecule has 8 heteroatoms. The fourth-order valence-corrected chi connectivity index (χ4v) is 1.92. The fraction of sp³-hybridized carbons (Fsp3) is 0.467. The van der Waals surface area contributed by atoms with E-state index in [2.05, 4.69) is 34.8 Å². The summed E-state index contributed by atoms with van der Waals surface area (Å²) in [5.74, 6) is 0.531. The SMILES string of the molecule is CCC(C)NC(=NC)NCCNC(=O)c1ccc(Cl)c(Cl)c1.I. The third-order valence-corrected chi connectivity index (χ3v) is 3.84. The Morgan fingerprint density at radius 3 is 2.43 bits per heavy atom. The zero-order chi connectivity index (χ0) is 16.5. The van der Waals surface area contributed by atoms with E-state index in [0.717, 1.165) is 12.4 Å². The molecule has 0 spiro atoms. The summed E-state index contributed by atoms with van der Waals surface area (Å²) in [6.07, 6.45) is 1.01. The van der Waals surface area contributed by atoms with Crippen molar-refractivity contribution in [2.24, 2.45) is 4.99 Å². The molecule has 1 rings (SSSR count). The Hall–Kier alpha value is -0.730. The predicted octanol–water partition coefficient (Wildman–Crippen LogP) is 3.30. The molecule has 0 fully saturated rings. The van der Waals surface area contributed by atoms with Crippen molar-refractivity contribution in [3.8, 4) is 0 Å². The first kappa shape index (κ1) is 22.3. The van der Waals surface area contributed by atoms with Gasteiger partial charge in [0.25, 0.3) is 5.91 Å². The van der Waals surface area contributed by atoms with Crippen LogP contribution in [0.3, 0.4) is 0 Å². The Bertz CT molecular complexity index is 540. The van der Waals surface area contributed by atoms with Gasteiger partial charge in [0.2, 0.25) is 0 Å². The third-order valence-electron chi connectivity index (χ3n) is 3.10. The number of amides is 1. The van der Waals surface area contributed by atoms with E-state index < -0.39 is 0 Å². The van der Waals surface area contributed by atoms with Gasteiger partial charge in [-0.25, -0.2) is 0 Å². The Kier molecular flexibility index (Phi) is 11.4. The van der Waals surface area contributed by atoms with E-state index in [1.807, 2.05) is 0 Å². The van der Waals surface area contributed by atoms with Crippen LogP contribution in [0.25, 0.3) is 0 Å². The second-order valence-electron chi connectivity index (χ2n) is 4.84. The van der Waals surface area contributed by atoms with Crippen LogP contribution in [-0.2, 0) is 0 Å². The Labute approximate surface area is 164 Å². The van der Waals surface area contributed by atoms with Crippen LogP contribution in [0.4, 0.5) is 0 Å². The molecule has 1 aromatic carbocycles. The van der Waals surface area contributed by atoms with Crippen LogP contribution in [-0.4, -0.2) is 38.0 Å². The Morgan fingerprint density at radius 1 is 1.22 bits per heavy atom. The van der Waals surface area contributed by atoms with Crippen molar-refractivity contribution in [1.82, 2.24) is 16.0 Å². The molecule has 0 aliphatic rings. The minimum Gasteiger partial charge on any atom is -0.355 e. The molecule has 5 nitrogen and oxygen atoms in total. The van der Waals surface area contributed by atoms with Crippen molar-refractivity contribution in [3.05, 3.63) is 33.8 Å². The summed E-state index contributed by atoms with van der Waals surface area (Å²) in [4.78, 5) is 16.1. The van der Waals surface area contributed by atoms with Gasteiger partial charge < -0.3 is 16.0 Å². The van der Waals surface area contributed by atoms with Crippen LogP contribution in [0, 0.1) is 0 Å². The number of hydrogen-bond acceptors (Lipinski definition) is 2. The van der Waals surface area contributed by atoms with Gasteiger partial charge in [-0.3, -0.25) is 9.79 Å². The molecule has 0 bridgehead atoms. The summed E-state index contributed by atoms with van der Waals surface area (Å²) in [6.45, 7) is 5.23. The topological polar surface area (TPSA) is 65.5 Å². The van der Waals surface area contributed by atoms with E-state index in [0.29, 0.717) is 34.7 Å². The quantitative estimate of drug-likeness (QED) is 0.257. The van der Waals surface area contributed by atoms with Gasteiger partial charge in [-0.15, -0.1) is 24.0 Å². The molecule has 0 aliphatic carbocycles.